The number of likely N-dealkylation sites (tertiary alicyclic amines) is 1. The van der Waals surface area contributed by atoms with E-state index in [4.69, 9.17) is 4.74 Å². The summed E-state index contributed by atoms with van der Waals surface area (Å²) in [6, 6.07) is 14.9. The molecule has 1 fully saturated rings. The number of aryl methyl sites for hydroxylation is 3. The van der Waals surface area contributed by atoms with Gasteiger partial charge in [-0.1, -0.05) is 13.8 Å². The molecule has 1 unspecified atom stereocenters. The SMILES string of the molecule is COc1ccc(N(Cc2cnccc2C)C2CCN(C(C)CCNC(=O)c3c(C)cc(C(=O)NCCC(C)C)cc3C)CC2)cc1. The normalized spacial score (nSPS) is 14.6. The van der Waals surface area contributed by atoms with Gasteiger partial charge in [-0.05, 0) is 124 Å². The van der Waals surface area contributed by atoms with Gasteiger partial charge in [-0.25, -0.2) is 0 Å². The number of methoxy groups -OCH3 is 1. The maximum atomic E-state index is 13.2. The zero-order valence-corrected chi connectivity index (χ0v) is 28.9. The first-order valence-electron chi connectivity index (χ1n) is 16.8. The van der Waals surface area contributed by atoms with Crippen molar-refractivity contribution in [3.63, 3.8) is 0 Å². The van der Waals surface area contributed by atoms with Crippen LogP contribution in [-0.2, 0) is 6.54 Å². The summed E-state index contributed by atoms with van der Waals surface area (Å²) in [5, 5.41) is 6.14. The van der Waals surface area contributed by atoms with Gasteiger partial charge in [0.2, 0.25) is 0 Å². The van der Waals surface area contributed by atoms with Gasteiger partial charge >= 0.3 is 0 Å². The zero-order chi connectivity index (χ0) is 33.2. The van der Waals surface area contributed by atoms with Crippen LogP contribution in [0.3, 0.4) is 0 Å². The van der Waals surface area contributed by atoms with E-state index < -0.39 is 0 Å². The van der Waals surface area contributed by atoms with Crippen LogP contribution in [0.1, 0.15) is 89.4 Å². The van der Waals surface area contributed by atoms with E-state index in [9.17, 15) is 9.59 Å². The number of hydrogen-bond acceptors (Lipinski definition) is 6. The summed E-state index contributed by atoms with van der Waals surface area (Å²) < 4.78 is 5.41. The van der Waals surface area contributed by atoms with E-state index in [1.807, 2.05) is 50.5 Å². The fraction of sp³-hybridized carbons (Fsp3) is 0.500. The maximum absolute atomic E-state index is 13.2. The van der Waals surface area contributed by atoms with Gasteiger partial charge in [0.1, 0.15) is 5.75 Å². The van der Waals surface area contributed by atoms with Crippen LogP contribution in [0.2, 0.25) is 0 Å². The van der Waals surface area contributed by atoms with E-state index in [1.165, 1.54) is 16.8 Å². The number of carbonyl (C=O) groups excluding carboxylic acids is 2. The van der Waals surface area contributed by atoms with E-state index >= 15 is 0 Å². The van der Waals surface area contributed by atoms with Gasteiger partial charge in [0.25, 0.3) is 11.8 Å². The lowest BCUT2D eigenvalue weighted by molar-refractivity contribution is 0.0934. The maximum Gasteiger partial charge on any atom is 0.251 e. The summed E-state index contributed by atoms with van der Waals surface area (Å²) in [5.74, 6) is 1.23. The first-order chi connectivity index (χ1) is 22.1. The molecule has 1 saturated heterocycles. The van der Waals surface area contributed by atoms with Crippen molar-refractivity contribution < 1.29 is 14.3 Å². The Morgan fingerprint density at radius 2 is 1.54 bits per heavy atom. The molecule has 0 aliphatic carbocycles. The van der Waals surface area contributed by atoms with Crippen molar-refractivity contribution in [2.75, 3.05) is 38.2 Å². The third-order valence-corrected chi connectivity index (χ3v) is 9.33. The van der Waals surface area contributed by atoms with Gasteiger partial charge < -0.3 is 25.2 Å². The number of pyridine rings is 1. The number of carbonyl (C=O) groups is 2. The average molecular weight is 628 g/mol. The minimum absolute atomic E-state index is 0.0755. The second-order valence-electron chi connectivity index (χ2n) is 13.2. The number of nitrogens with zero attached hydrogens (tertiary/aromatic N) is 3. The molecule has 248 valence electrons. The van der Waals surface area contributed by atoms with Crippen LogP contribution in [0.15, 0.2) is 54.9 Å². The van der Waals surface area contributed by atoms with Crippen LogP contribution in [0.5, 0.6) is 5.75 Å². The number of hydrogen-bond donors (Lipinski definition) is 2. The van der Waals surface area contributed by atoms with Crippen molar-refractivity contribution in [1.29, 1.82) is 0 Å². The Morgan fingerprint density at radius 1 is 0.913 bits per heavy atom. The van der Waals surface area contributed by atoms with Crippen LogP contribution < -0.4 is 20.3 Å². The summed E-state index contributed by atoms with van der Waals surface area (Å²) >= 11 is 0. The van der Waals surface area contributed by atoms with Gasteiger partial charge in [0.15, 0.2) is 0 Å². The molecule has 1 aromatic heterocycles. The smallest absolute Gasteiger partial charge is 0.251 e. The van der Waals surface area contributed by atoms with E-state index in [0.29, 0.717) is 42.2 Å². The van der Waals surface area contributed by atoms with E-state index in [-0.39, 0.29) is 11.8 Å². The number of anilines is 1. The van der Waals surface area contributed by atoms with Gasteiger partial charge in [0, 0.05) is 74.0 Å². The quantitative estimate of drug-likeness (QED) is 0.213. The summed E-state index contributed by atoms with van der Waals surface area (Å²) in [7, 11) is 1.70. The molecule has 46 heavy (non-hydrogen) atoms. The lowest BCUT2D eigenvalue weighted by Crippen LogP contribution is -2.48. The van der Waals surface area contributed by atoms with Crippen LogP contribution >= 0.6 is 0 Å². The number of piperidine rings is 1. The first-order valence-corrected chi connectivity index (χ1v) is 16.8. The van der Waals surface area contributed by atoms with Crippen LogP contribution in [-0.4, -0.2) is 67.1 Å². The van der Waals surface area contributed by atoms with Crippen molar-refractivity contribution in [2.24, 2.45) is 5.92 Å². The molecule has 1 aliphatic rings. The zero-order valence-electron chi connectivity index (χ0n) is 28.9. The second kappa shape index (κ2) is 16.6. The van der Waals surface area contributed by atoms with Crippen molar-refractivity contribution in [2.45, 2.75) is 85.9 Å². The Hall–Kier alpha value is -3.91. The Kier molecular flexibility index (Phi) is 12.6. The molecule has 2 amide bonds. The number of rotatable bonds is 14. The standard InChI is InChI=1S/C38H53N5O3/c1-26(2)12-18-40-37(44)31-22-28(4)36(29(5)23-31)38(45)41-19-14-30(6)42-20-15-34(16-21-42)43(25-32-24-39-17-13-27(32)3)33-8-10-35(46-7)11-9-33/h8-11,13,17,22-24,26,30,34H,12,14-16,18-21,25H2,1-7H3,(H,40,44)(H,41,45). The Labute approximate surface area is 275 Å². The van der Waals surface area contributed by atoms with Crippen molar-refractivity contribution >= 4 is 17.5 Å². The molecule has 1 atom stereocenters. The topological polar surface area (TPSA) is 86.8 Å². The molecule has 2 heterocycles. The lowest BCUT2D eigenvalue weighted by atomic mass is 9.97. The van der Waals surface area contributed by atoms with Crippen LogP contribution in [0.4, 0.5) is 5.69 Å². The molecule has 3 aromatic rings. The van der Waals surface area contributed by atoms with Gasteiger partial charge in [-0.2, -0.15) is 0 Å². The largest absolute Gasteiger partial charge is 0.497 e. The summed E-state index contributed by atoms with van der Waals surface area (Å²) in [5.41, 5.74) is 6.61. The van der Waals surface area contributed by atoms with Gasteiger partial charge in [0.05, 0.1) is 7.11 Å². The summed E-state index contributed by atoms with van der Waals surface area (Å²) in [6.07, 6.45) is 7.79. The Balaban J connectivity index is 1.30. The van der Waals surface area contributed by atoms with Gasteiger partial charge in [-0.15, -0.1) is 0 Å². The Morgan fingerprint density at radius 3 is 2.15 bits per heavy atom. The number of aromatic nitrogens is 1. The average Bonchev–Trinajstić information content (AvgIpc) is 3.04. The molecular weight excluding hydrogens is 574 g/mol. The lowest BCUT2D eigenvalue weighted by Gasteiger charge is -2.42. The third kappa shape index (κ3) is 9.32. The summed E-state index contributed by atoms with van der Waals surface area (Å²) in [4.78, 5) is 35.3. The molecule has 4 rings (SSSR count). The van der Waals surface area contributed by atoms with Crippen LogP contribution in [0, 0.1) is 26.7 Å². The minimum atomic E-state index is -0.0873. The minimum Gasteiger partial charge on any atom is -0.497 e. The molecule has 2 N–H and O–H groups in total. The number of ether oxygens (including phenoxy) is 1. The number of amides is 2. The predicted molar refractivity (Wildman–Crippen MR) is 187 cm³/mol. The van der Waals surface area contributed by atoms with E-state index in [2.05, 4.69) is 71.3 Å². The van der Waals surface area contributed by atoms with Gasteiger partial charge in [-0.3, -0.25) is 14.6 Å². The first kappa shape index (κ1) is 35.0. The molecule has 0 radical (unpaired) electrons. The third-order valence-electron chi connectivity index (χ3n) is 9.33. The molecule has 0 spiro atoms. The second-order valence-corrected chi connectivity index (χ2v) is 13.2. The highest BCUT2D eigenvalue weighted by Crippen LogP contribution is 2.29. The molecule has 0 bridgehead atoms. The van der Waals surface area contributed by atoms with Crippen molar-refractivity contribution in [3.8, 4) is 5.75 Å². The molecule has 0 saturated carbocycles. The fourth-order valence-electron chi connectivity index (χ4n) is 6.38. The molecule has 8 nitrogen and oxygen atoms in total. The molecule has 8 heteroatoms. The molecule has 1 aliphatic heterocycles. The van der Waals surface area contributed by atoms with E-state index in [0.717, 1.165) is 62.2 Å². The predicted octanol–water partition coefficient (Wildman–Crippen LogP) is 6.47. The highest BCUT2D eigenvalue weighted by molar-refractivity contribution is 6.00. The summed E-state index contributed by atoms with van der Waals surface area (Å²) in [6.45, 7) is 16.6. The monoisotopic (exact) mass is 627 g/mol. The number of benzene rings is 2. The highest BCUT2D eigenvalue weighted by Gasteiger charge is 2.28. The highest BCUT2D eigenvalue weighted by atomic mass is 16.5. The van der Waals surface area contributed by atoms with Crippen molar-refractivity contribution in [1.82, 2.24) is 20.5 Å². The molecule has 2 aromatic carbocycles. The van der Waals surface area contributed by atoms with Crippen molar-refractivity contribution in [3.05, 3.63) is 88.2 Å². The van der Waals surface area contributed by atoms with E-state index in [1.54, 1.807) is 7.11 Å². The molecular formula is C38H53N5O3. The number of nitrogens with one attached hydrogen (secondary N) is 2. The van der Waals surface area contributed by atoms with Crippen LogP contribution in [0.25, 0.3) is 0 Å². The fourth-order valence-corrected chi connectivity index (χ4v) is 6.38. The Bertz CT molecular complexity index is 1420.